The quantitative estimate of drug-likeness (QED) is 0.546. The molecule has 0 N–H and O–H groups in total. The van der Waals surface area contributed by atoms with Crippen molar-refractivity contribution in [3.05, 3.63) is 0 Å². The molecule has 0 aromatic rings. The van der Waals surface area contributed by atoms with E-state index in [4.69, 9.17) is 47.4 Å². The van der Waals surface area contributed by atoms with E-state index in [1.807, 2.05) is 0 Å². The molecular weight excluding hydrogens is 460 g/mol. The van der Waals surface area contributed by atoms with E-state index in [1.165, 1.54) is 0 Å². The summed E-state index contributed by atoms with van der Waals surface area (Å²) < 4.78 is 57.3. The van der Waals surface area contributed by atoms with E-state index in [1.54, 1.807) is 0 Å². The lowest BCUT2D eigenvalue weighted by Gasteiger charge is -2.41. The average molecular weight is 509 g/mol. The molecule has 0 saturated carbocycles. The minimum absolute atomic E-state index is 0.145. The summed E-state index contributed by atoms with van der Waals surface area (Å²) in [7, 11) is 0. The third kappa shape index (κ3) is 14.8. The first-order valence-corrected chi connectivity index (χ1v) is 13.0. The lowest BCUT2D eigenvalue weighted by Crippen LogP contribution is -2.43. The highest BCUT2D eigenvalue weighted by Crippen LogP contribution is 2.37. The van der Waals surface area contributed by atoms with Gasteiger partial charge in [-0.3, -0.25) is 0 Å². The van der Waals surface area contributed by atoms with Crippen LogP contribution >= 0.6 is 0 Å². The molecule has 0 aromatic carbocycles. The van der Waals surface area contributed by atoms with Crippen LogP contribution in [-0.4, -0.2) is 132 Å². The minimum atomic E-state index is -0.165. The summed E-state index contributed by atoms with van der Waals surface area (Å²) in [6.45, 7) is 15.5. The Labute approximate surface area is 211 Å². The Bertz CT molecular complexity index is 407. The van der Waals surface area contributed by atoms with Crippen molar-refractivity contribution in [3.63, 3.8) is 0 Å². The zero-order chi connectivity index (χ0) is 24.9. The number of rotatable bonds is 2. The first-order valence-electron chi connectivity index (χ1n) is 13.0. The van der Waals surface area contributed by atoms with Crippen LogP contribution in [0, 0.1) is 17.3 Å². The summed E-state index contributed by atoms with van der Waals surface area (Å²) >= 11 is 0. The number of hydrogen-bond donors (Lipinski definition) is 0. The topological polar surface area (TPSA) is 92.3 Å². The molecule has 0 unspecified atom stereocenters. The van der Waals surface area contributed by atoms with Gasteiger partial charge >= 0.3 is 0 Å². The fourth-order valence-electron chi connectivity index (χ4n) is 3.75. The van der Waals surface area contributed by atoms with Crippen LogP contribution < -0.4 is 0 Å². The van der Waals surface area contributed by atoms with Crippen molar-refractivity contribution >= 4 is 0 Å². The van der Waals surface area contributed by atoms with Crippen molar-refractivity contribution in [2.24, 2.45) is 17.3 Å². The normalized spacial score (nSPS) is 25.2. The van der Waals surface area contributed by atoms with Gasteiger partial charge in [0.05, 0.1) is 132 Å². The van der Waals surface area contributed by atoms with Crippen LogP contribution in [-0.2, 0) is 47.4 Å². The predicted octanol–water partition coefficient (Wildman–Crippen LogP) is 1.44. The van der Waals surface area contributed by atoms with E-state index in [-0.39, 0.29) is 17.3 Å². The SMILES string of the molecule is CC(C)(C1COCCOCCOCCOCCOC1)C1COCCOCCOCCOCCOC1. The predicted molar refractivity (Wildman–Crippen MR) is 129 cm³/mol. The highest BCUT2D eigenvalue weighted by Gasteiger charge is 2.38. The van der Waals surface area contributed by atoms with Crippen LogP contribution in [0.4, 0.5) is 0 Å². The van der Waals surface area contributed by atoms with Gasteiger partial charge in [0, 0.05) is 11.8 Å². The Kier molecular flexibility index (Phi) is 18.2. The van der Waals surface area contributed by atoms with E-state index in [0.717, 1.165) is 0 Å². The molecule has 2 rings (SSSR count). The first kappa shape index (κ1) is 30.8. The van der Waals surface area contributed by atoms with E-state index in [2.05, 4.69) is 13.8 Å². The van der Waals surface area contributed by atoms with Gasteiger partial charge in [-0.25, -0.2) is 0 Å². The summed E-state index contributed by atoms with van der Waals surface area (Å²) in [6.07, 6.45) is 0. The zero-order valence-electron chi connectivity index (χ0n) is 21.9. The highest BCUT2D eigenvalue weighted by molar-refractivity contribution is 4.85. The van der Waals surface area contributed by atoms with Crippen molar-refractivity contribution in [1.82, 2.24) is 0 Å². The summed E-state index contributed by atoms with van der Waals surface area (Å²) in [5.74, 6) is 0.289. The molecule has 0 spiro atoms. The Morgan fingerprint density at radius 1 is 0.314 bits per heavy atom. The molecule has 35 heavy (non-hydrogen) atoms. The Balaban J connectivity index is 1.93. The van der Waals surface area contributed by atoms with Gasteiger partial charge in [-0.15, -0.1) is 0 Å². The second-order valence-corrected chi connectivity index (χ2v) is 9.19. The first-order chi connectivity index (χ1) is 17.2. The van der Waals surface area contributed by atoms with Crippen molar-refractivity contribution in [2.75, 3.05) is 132 Å². The Hall–Kier alpha value is -0.400. The second-order valence-electron chi connectivity index (χ2n) is 9.19. The average Bonchev–Trinajstić information content (AvgIpc) is 2.84. The maximum Gasteiger partial charge on any atom is 0.0701 e. The molecule has 208 valence electrons. The van der Waals surface area contributed by atoms with Crippen LogP contribution in [0.3, 0.4) is 0 Å². The molecule has 10 heteroatoms. The molecule has 0 bridgehead atoms. The van der Waals surface area contributed by atoms with Crippen molar-refractivity contribution in [2.45, 2.75) is 13.8 Å². The molecule has 0 aliphatic carbocycles. The molecule has 0 atom stereocenters. The molecule has 0 radical (unpaired) electrons. The lowest BCUT2D eigenvalue weighted by molar-refractivity contribution is -0.0944. The van der Waals surface area contributed by atoms with Gasteiger partial charge < -0.3 is 47.4 Å². The van der Waals surface area contributed by atoms with Gasteiger partial charge in [0.1, 0.15) is 0 Å². The zero-order valence-corrected chi connectivity index (χ0v) is 21.9. The summed E-state index contributed by atoms with van der Waals surface area (Å²) in [4.78, 5) is 0. The van der Waals surface area contributed by atoms with E-state index in [9.17, 15) is 0 Å². The van der Waals surface area contributed by atoms with E-state index in [0.29, 0.717) is 132 Å². The highest BCUT2D eigenvalue weighted by atomic mass is 16.6. The van der Waals surface area contributed by atoms with Crippen LogP contribution in [0.5, 0.6) is 0 Å². The number of ether oxygens (including phenoxy) is 10. The molecule has 0 amide bonds. The molecule has 2 aliphatic rings. The maximum atomic E-state index is 6.01. The Morgan fingerprint density at radius 2 is 0.486 bits per heavy atom. The fraction of sp³-hybridized carbons (Fsp3) is 1.00. The standard InChI is InChI=1S/C25H48O10/c1-25(2,23-19-32-15-11-28-7-3-26-4-8-29-12-16-33-20-23)24-21-34-17-13-30-9-5-27-6-10-31-14-18-35-22-24/h23-24H,3-22H2,1-2H3. The van der Waals surface area contributed by atoms with Crippen molar-refractivity contribution < 1.29 is 47.4 Å². The van der Waals surface area contributed by atoms with Gasteiger partial charge in [0.2, 0.25) is 0 Å². The largest absolute Gasteiger partial charge is 0.379 e. The van der Waals surface area contributed by atoms with Crippen LogP contribution in [0.1, 0.15) is 13.8 Å². The van der Waals surface area contributed by atoms with E-state index >= 15 is 0 Å². The van der Waals surface area contributed by atoms with Gasteiger partial charge in [0.25, 0.3) is 0 Å². The van der Waals surface area contributed by atoms with Crippen LogP contribution in [0.25, 0.3) is 0 Å². The smallest absolute Gasteiger partial charge is 0.0701 e. The Morgan fingerprint density at radius 3 is 0.686 bits per heavy atom. The number of hydrogen-bond acceptors (Lipinski definition) is 10. The molecule has 2 heterocycles. The van der Waals surface area contributed by atoms with E-state index < -0.39 is 0 Å². The van der Waals surface area contributed by atoms with Gasteiger partial charge in [-0.2, -0.15) is 0 Å². The van der Waals surface area contributed by atoms with Gasteiger partial charge in [-0.1, -0.05) is 13.8 Å². The second kappa shape index (κ2) is 20.6. The van der Waals surface area contributed by atoms with Gasteiger partial charge in [-0.05, 0) is 5.41 Å². The fourth-order valence-corrected chi connectivity index (χ4v) is 3.75. The van der Waals surface area contributed by atoms with Crippen molar-refractivity contribution in [1.29, 1.82) is 0 Å². The third-order valence-electron chi connectivity index (χ3n) is 6.36. The molecule has 2 saturated heterocycles. The molecule has 10 nitrogen and oxygen atoms in total. The molecule has 2 fully saturated rings. The summed E-state index contributed by atoms with van der Waals surface area (Å²) in [5, 5.41) is 0. The minimum Gasteiger partial charge on any atom is -0.379 e. The lowest BCUT2D eigenvalue weighted by atomic mass is 9.70. The van der Waals surface area contributed by atoms with Crippen LogP contribution in [0.15, 0.2) is 0 Å². The molecule has 0 aromatic heterocycles. The summed E-state index contributed by atoms with van der Waals surface area (Å²) in [6, 6.07) is 0. The van der Waals surface area contributed by atoms with Gasteiger partial charge in [0.15, 0.2) is 0 Å². The monoisotopic (exact) mass is 508 g/mol. The maximum absolute atomic E-state index is 6.01. The molecule has 2 aliphatic heterocycles. The summed E-state index contributed by atoms with van der Waals surface area (Å²) in [5.41, 5.74) is -0.165. The third-order valence-corrected chi connectivity index (χ3v) is 6.36. The molecular formula is C25H48O10. The van der Waals surface area contributed by atoms with Crippen LogP contribution in [0.2, 0.25) is 0 Å². The van der Waals surface area contributed by atoms with Crippen molar-refractivity contribution in [3.8, 4) is 0 Å².